The highest BCUT2D eigenvalue weighted by molar-refractivity contribution is 5.23. The standard InChI is InChI=1S/C16H19F4N3O/c1-11-9-12(3-4-13(11)17)10-21-6-5-15(24,16(18,19)20)14-22-7-8-23(14)2/h3-4,7-9,21,24H,5-6,10H2,1-2H3. The summed E-state index contributed by atoms with van der Waals surface area (Å²) in [5.74, 6) is -0.783. The molecular weight excluding hydrogens is 326 g/mol. The molecule has 8 heteroatoms. The van der Waals surface area contributed by atoms with Gasteiger partial charge in [-0.25, -0.2) is 9.37 Å². The SMILES string of the molecule is Cc1cc(CNCCC(O)(c2nccn2C)C(F)(F)F)ccc1F. The number of rotatable bonds is 6. The van der Waals surface area contributed by atoms with Crippen LogP contribution in [0.3, 0.4) is 0 Å². The highest BCUT2D eigenvalue weighted by atomic mass is 19.4. The lowest BCUT2D eigenvalue weighted by molar-refractivity contribution is -0.272. The first kappa shape index (κ1) is 18.4. The molecule has 0 bridgehead atoms. The van der Waals surface area contributed by atoms with E-state index in [1.165, 1.54) is 25.5 Å². The van der Waals surface area contributed by atoms with Gasteiger partial charge in [0.2, 0.25) is 5.60 Å². The lowest BCUT2D eigenvalue weighted by atomic mass is 9.97. The molecule has 2 N–H and O–H groups in total. The van der Waals surface area contributed by atoms with Gasteiger partial charge >= 0.3 is 6.18 Å². The fourth-order valence-electron chi connectivity index (χ4n) is 2.46. The lowest BCUT2D eigenvalue weighted by Gasteiger charge is -2.30. The Balaban J connectivity index is 2.02. The van der Waals surface area contributed by atoms with Crippen LogP contribution in [0.1, 0.15) is 23.4 Å². The van der Waals surface area contributed by atoms with Crippen LogP contribution >= 0.6 is 0 Å². The second kappa shape index (κ2) is 6.90. The number of halogens is 4. The van der Waals surface area contributed by atoms with Crippen molar-refractivity contribution in [2.24, 2.45) is 7.05 Å². The van der Waals surface area contributed by atoms with Gasteiger partial charge < -0.3 is 15.0 Å². The van der Waals surface area contributed by atoms with Gasteiger partial charge in [0, 0.05) is 32.4 Å². The van der Waals surface area contributed by atoms with Crippen molar-refractivity contribution < 1.29 is 22.7 Å². The summed E-state index contributed by atoms with van der Waals surface area (Å²) in [7, 11) is 1.40. The topological polar surface area (TPSA) is 50.1 Å². The molecule has 0 saturated carbocycles. The first-order valence-corrected chi connectivity index (χ1v) is 7.38. The van der Waals surface area contributed by atoms with Crippen LogP contribution in [0.25, 0.3) is 0 Å². The van der Waals surface area contributed by atoms with E-state index in [0.717, 1.165) is 10.1 Å². The largest absolute Gasteiger partial charge is 0.424 e. The molecule has 24 heavy (non-hydrogen) atoms. The van der Waals surface area contributed by atoms with Crippen LogP contribution in [0.5, 0.6) is 0 Å². The van der Waals surface area contributed by atoms with E-state index in [9.17, 15) is 22.7 Å². The van der Waals surface area contributed by atoms with E-state index >= 15 is 0 Å². The van der Waals surface area contributed by atoms with Crippen LogP contribution < -0.4 is 5.32 Å². The van der Waals surface area contributed by atoms with Crippen LogP contribution in [0.2, 0.25) is 0 Å². The van der Waals surface area contributed by atoms with E-state index in [4.69, 9.17) is 0 Å². The summed E-state index contributed by atoms with van der Waals surface area (Å²) in [6.45, 7) is 1.80. The van der Waals surface area contributed by atoms with Gasteiger partial charge in [-0.2, -0.15) is 13.2 Å². The zero-order valence-corrected chi connectivity index (χ0v) is 13.4. The normalized spacial score (nSPS) is 14.6. The molecule has 0 aliphatic carbocycles. The first-order valence-electron chi connectivity index (χ1n) is 7.38. The number of nitrogens with one attached hydrogen (secondary N) is 1. The molecule has 1 aromatic heterocycles. The van der Waals surface area contributed by atoms with Gasteiger partial charge in [-0.15, -0.1) is 0 Å². The van der Waals surface area contributed by atoms with Crippen molar-refractivity contribution in [1.82, 2.24) is 14.9 Å². The smallest absolute Gasteiger partial charge is 0.374 e. The Morgan fingerprint density at radius 3 is 2.54 bits per heavy atom. The van der Waals surface area contributed by atoms with E-state index < -0.39 is 24.0 Å². The Morgan fingerprint density at radius 2 is 2.00 bits per heavy atom. The Bertz CT molecular complexity index is 699. The second-order valence-electron chi connectivity index (χ2n) is 5.73. The predicted molar refractivity (Wildman–Crippen MR) is 80.6 cm³/mol. The average Bonchev–Trinajstić information content (AvgIpc) is 2.92. The third kappa shape index (κ3) is 3.76. The summed E-state index contributed by atoms with van der Waals surface area (Å²) in [5.41, 5.74) is -1.81. The van der Waals surface area contributed by atoms with Gasteiger partial charge in [0.15, 0.2) is 0 Å². The zero-order chi connectivity index (χ0) is 18.0. The summed E-state index contributed by atoms with van der Waals surface area (Å²) in [5, 5.41) is 13.0. The van der Waals surface area contributed by atoms with Crippen LogP contribution in [0, 0.1) is 12.7 Å². The van der Waals surface area contributed by atoms with Gasteiger partial charge in [0.05, 0.1) is 0 Å². The monoisotopic (exact) mass is 345 g/mol. The Hall–Kier alpha value is -1.93. The Morgan fingerprint density at radius 1 is 1.29 bits per heavy atom. The molecule has 1 unspecified atom stereocenters. The van der Waals surface area contributed by atoms with Crippen LogP contribution in [-0.4, -0.2) is 27.4 Å². The van der Waals surface area contributed by atoms with E-state index in [1.807, 2.05) is 0 Å². The summed E-state index contributed by atoms with van der Waals surface area (Å²) >= 11 is 0. The molecule has 132 valence electrons. The summed E-state index contributed by atoms with van der Waals surface area (Å²) in [6, 6.07) is 4.49. The highest BCUT2D eigenvalue weighted by Gasteiger charge is 2.56. The number of alkyl halides is 3. The first-order chi connectivity index (χ1) is 11.1. The van der Waals surface area contributed by atoms with Crippen molar-refractivity contribution in [3.63, 3.8) is 0 Å². The van der Waals surface area contributed by atoms with Gasteiger partial charge in [0.25, 0.3) is 0 Å². The average molecular weight is 345 g/mol. The van der Waals surface area contributed by atoms with Gasteiger partial charge in [-0.3, -0.25) is 0 Å². The maximum atomic E-state index is 13.3. The van der Waals surface area contributed by atoms with E-state index in [1.54, 1.807) is 19.1 Å². The lowest BCUT2D eigenvalue weighted by Crippen LogP contribution is -2.46. The summed E-state index contributed by atoms with van der Waals surface area (Å²) in [4.78, 5) is 3.64. The summed E-state index contributed by atoms with van der Waals surface area (Å²) < 4.78 is 54.3. The van der Waals surface area contributed by atoms with Crippen molar-refractivity contribution in [2.75, 3.05) is 6.54 Å². The highest BCUT2D eigenvalue weighted by Crippen LogP contribution is 2.40. The predicted octanol–water partition coefficient (Wildman–Crippen LogP) is 2.80. The number of aryl methyl sites for hydroxylation is 2. The third-order valence-electron chi connectivity index (χ3n) is 3.88. The number of imidazole rings is 1. The molecule has 2 rings (SSSR count). The maximum Gasteiger partial charge on any atom is 0.424 e. The molecule has 0 saturated heterocycles. The molecule has 0 amide bonds. The minimum absolute atomic E-state index is 0.0840. The van der Waals surface area contributed by atoms with Crippen molar-refractivity contribution in [3.05, 3.63) is 53.4 Å². The molecule has 0 fully saturated rings. The van der Waals surface area contributed by atoms with E-state index in [-0.39, 0.29) is 18.9 Å². The van der Waals surface area contributed by atoms with Crippen molar-refractivity contribution in [2.45, 2.75) is 31.7 Å². The molecule has 4 nitrogen and oxygen atoms in total. The molecule has 2 aromatic rings. The molecule has 0 spiro atoms. The van der Waals surface area contributed by atoms with Crippen molar-refractivity contribution >= 4 is 0 Å². The fraction of sp³-hybridized carbons (Fsp3) is 0.438. The number of aromatic nitrogens is 2. The number of nitrogens with zero attached hydrogens (tertiary/aromatic N) is 2. The fourth-order valence-corrected chi connectivity index (χ4v) is 2.46. The number of benzene rings is 1. The van der Waals surface area contributed by atoms with Crippen molar-refractivity contribution in [3.8, 4) is 0 Å². The van der Waals surface area contributed by atoms with Gasteiger partial charge in [-0.05, 0) is 30.7 Å². The van der Waals surface area contributed by atoms with Crippen LogP contribution in [0.15, 0.2) is 30.6 Å². The molecule has 1 aromatic carbocycles. The maximum absolute atomic E-state index is 13.3. The minimum atomic E-state index is -4.85. The summed E-state index contributed by atoms with van der Waals surface area (Å²) in [6.07, 6.45) is -2.87. The quantitative estimate of drug-likeness (QED) is 0.625. The molecule has 1 atom stereocenters. The molecular formula is C16H19F4N3O. The van der Waals surface area contributed by atoms with E-state index in [0.29, 0.717) is 5.56 Å². The Kier molecular flexibility index (Phi) is 5.29. The molecule has 0 aliphatic rings. The van der Waals surface area contributed by atoms with Crippen LogP contribution in [-0.2, 0) is 19.2 Å². The van der Waals surface area contributed by atoms with Gasteiger partial charge in [-0.1, -0.05) is 12.1 Å². The number of hydrogen-bond donors (Lipinski definition) is 2. The molecule has 1 heterocycles. The Labute approximate surface area is 137 Å². The van der Waals surface area contributed by atoms with Crippen molar-refractivity contribution in [1.29, 1.82) is 0 Å². The van der Waals surface area contributed by atoms with E-state index in [2.05, 4.69) is 10.3 Å². The number of hydrogen-bond acceptors (Lipinski definition) is 3. The number of aliphatic hydroxyl groups is 1. The third-order valence-corrected chi connectivity index (χ3v) is 3.88. The molecule has 0 radical (unpaired) electrons. The zero-order valence-electron chi connectivity index (χ0n) is 13.4. The van der Waals surface area contributed by atoms with Gasteiger partial charge in [0.1, 0.15) is 11.6 Å². The minimum Gasteiger partial charge on any atom is -0.374 e. The van der Waals surface area contributed by atoms with Crippen LogP contribution in [0.4, 0.5) is 17.6 Å². The molecule has 0 aliphatic heterocycles. The second-order valence-corrected chi connectivity index (χ2v) is 5.73.